The topological polar surface area (TPSA) is 49.2 Å². The Morgan fingerprint density at radius 2 is 2.38 bits per heavy atom. The van der Waals surface area contributed by atoms with Gasteiger partial charge in [0.2, 0.25) is 0 Å². The van der Waals surface area contributed by atoms with Gasteiger partial charge < -0.3 is 10.0 Å². The smallest absolute Gasteiger partial charge is 0.134 e. The van der Waals surface area contributed by atoms with Gasteiger partial charge in [-0.3, -0.25) is 0 Å². The predicted molar refractivity (Wildman–Crippen MR) is 63.7 cm³/mol. The maximum absolute atomic E-state index is 9.61. The first kappa shape index (κ1) is 11.6. The largest absolute Gasteiger partial charge is 0.393 e. The lowest BCUT2D eigenvalue weighted by atomic mass is 9.93. The van der Waals surface area contributed by atoms with Crippen LogP contribution in [0.3, 0.4) is 0 Å². The molecule has 0 aromatic carbocycles. The molecule has 0 amide bonds. The van der Waals surface area contributed by atoms with E-state index >= 15 is 0 Å². The molecule has 1 aromatic rings. The lowest BCUT2D eigenvalue weighted by Crippen LogP contribution is -2.39. The van der Waals surface area contributed by atoms with Crippen molar-refractivity contribution >= 4 is 17.4 Å². The van der Waals surface area contributed by atoms with Crippen LogP contribution in [0, 0.1) is 5.92 Å². The van der Waals surface area contributed by atoms with Gasteiger partial charge in [-0.15, -0.1) is 0 Å². The van der Waals surface area contributed by atoms with E-state index in [1.807, 2.05) is 6.92 Å². The third-order valence-corrected chi connectivity index (χ3v) is 3.29. The Balaban J connectivity index is 2.09. The number of aromatic nitrogens is 2. The van der Waals surface area contributed by atoms with Gasteiger partial charge in [0.05, 0.1) is 6.10 Å². The van der Waals surface area contributed by atoms with E-state index in [-0.39, 0.29) is 6.10 Å². The molecule has 0 unspecified atom stereocenters. The molecule has 5 heteroatoms. The fraction of sp³-hybridized carbons (Fsp3) is 0.636. The van der Waals surface area contributed by atoms with E-state index in [0.717, 1.165) is 31.7 Å². The van der Waals surface area contributed by atoms with Crippen molar-refractivity contribution in [2.24, 2.45) is 5.92 Å². The second kappa shape index (κ2) is 4.97. The van der Waals surface area contributed by atoms with E-state index in [0.29, 0.717) is 11.1 Å². The Hall–Kier alpha value is -0.870. The van der Waals surface area contributed by atoms with E-state index in [9.17, 15) is 5.11 Å². The molecule has 0 aliphatic carbocycles. The summed E-state index contributed by atoms with van der Waals surface area (Å²) in [5.74, 6) is 1.17. The average molecular weight is 242 g/mol. The zero-order chi connectivity index (χ0) is 11.5. The van der Waals surface area contributed by atoms with Gasteiger partial charge in [0.15, 0.2) is 0 Å². The Morgan fingerprint density at radius 3 is 3.06 bits per heavy atom. The van der Waals surface area contributed by atoms with E-state index in [1.165, 1.54) is 6.33 Å². The normalized spacial score (nSPS) is 23.2. The monoisotopic (exact) mass is 241 g/mol. The van der Waals surface area contributed by atoms with Crippen LogP contribution in [-0.4, -0.2) is 34.3 Å². The standard InChI is InChI=1S/C11H16ClN3O/c1-8(16)9-3-2-4-15(6-9)11-5-10(12)13-7-14-11/h5,7-9,16H,2-4,6H2,1H3/t8-,9-/m0/s1. The second-order valence-corrected chi connectivity index (χ2v) is 4.68. The summed E-state index contributed by atoms with van der Waals surface area (Å²) in [5, 5.41) is 10.1. The maximum atomic E-state index is 9.61. The minimum atomic E-state index is -0.264. The highest BCUT2D eigenvalue weighted by atomic mass is 35.5. The van der Waals surface area contributed by atoms with E-state index in [1.54, 1.807) is 6.07 Å². The van der Waals surface area contributed by atoms with Gasteiger partial charge in [-0.05, 0) is 19.8 Å². The van der Waals surface area contributed by atoms with Crippen molar-refractivity contribution in [2.45, 2.75) is 25.9 Å². The summed E-state index contributed by atoms with van der Waals surface area (Å²) in [4.78, 5) is 10.2. The van der Waals surface area contributed by atoms with Crippen LogP contribution < -0.4 is 4.90 Å². The van der Waals surface area contributed by atoms with Crippen LogP contribution in [0.2, 0.25) is 5.15 Å². The summed E-state index contributed by atoms with van der Waals surface area (Å²) in [6.45, 7) is 3.66. The van der Waals surface area contributed by atoms with Gasteiger partial charge in [0, 0.05) is 25.1 Å². The molecule has 1 saturated heterocycles. The first-order valence-electron chi connectivity index (χ1n) is 5.57. The number of hydrogen-bond donors (Lipinski definition) is 1. The molecular formula is C11H16ClN3O. The minimum absolute atomic E-state index is 0.264. The number of anilines is 1. The summed E-state index contributed by atoms with van der Waals surface area (Å²) in [6.07, 6.45) is 3.37. The van der Waals surface area contributed by atoms with Crippen molar-refractivity contribution in [3.63, 3.8) is 0 Å². The minimum Gasteiger partial charge on any atom is -0.393 e. The first-order valence-corrected chi connectivity index (χ1v) is 5.95. The summed E-state index contributed by atoms with van der Waals surface area (Å²) in [5.41, 5.74) is 0. The fourth-order valence-electron chi connectivity index (χ4n) is 2.11. The summed E-state index contributed by atoms with van der Waals surface area (Å²) >= 11 is 5.84. The third-order valence-electron chi connectivity index (χ3n) is 3.08. The molecule has 2 atom stereocenters. The number of halogens is 1. The highest BCUT2D eigenvalue weighted by Crippen LogP contribution is 2.24. The van der Waals surface area contributed by atoms with Gasteiger partial charge in [0.1, 0.15) is 17.3 Å². The van der Waals surface area contributed by atoms with Crippen LogP contribution in [0.15, 0.2) is 12.4 Å². The maximum Gasteiger partial charge on any atom is 0.134 e. The molecule has 88 valence electrons. The zero-order valence-electron chi connectivity index (χ0n) is 9.30. The Labute approximate surface area is 100 Å². The number of hydrogen-bond acceptors (Lipinski definition) is 4. The summed E-state index contributed by atoms with van der Waals surface area (Å²) in [7, 11) is 0. The Kier molecular flexibility index (Phi) is 3.61. The molecule has 2 heterocycles. The van der Waals surface area contributed by atoms with Crippen molar-refractivity contribution in [3.8, 4) is 0 Å². The lowest BCUT2D eigenvalue weighted by Gasteiger charge is -2.34. The predicted octanol–water partition coefficient (Wildman–Crippen LogP) is 1.73. The van der Waals surface area contributed by atoms with Crippen molar-refractivity contribution in [1.29, 1.82) is 0 Å². The molecule has 1 aliphatic heterocycles. The molecule has 1 aromatic heterocycles. The highest BCUT2D eigenvalue weighted by molar-refractivity contribution is 6.29. The van der Waals surface area contributed by atoms with Gasteiger partial charge in [-0.2, -0.15) is 0 Å². The zero-order valence-corrected chi connectivity index (χ0v) is 10.1. The van der Waals surface area contributed by atoms with Crippen molar-refractivity contribution < 1.29 is 5.11 Å². The lowest BCUT2D eigenvalue weighted by molar-refractivity contribution is 0.115. The SMILES string of the molecule is C[C@H](O)[C@H]1CCCN(c2cc(Cl)ncn2)C1. The summed E-state index contributed by atoms with van der Waals surface area (Å²) < 4.78 is 0. The Bertz CT molecular complexity index is 359. The van der Waals surface area contributed by atoms with Crippen LogP contribution >= 0.6 is 11.6 Å². The average Bonchev–Trinajstić information content (AvgIpc) is 2.29. The third kappa shape index (κ3) is 2.62. The quantitative estimate of drug-likeness (QED) is 0.802. The van der Waals surface area contributed by atoms with Gasteiger partial charge in [0.25, 0.3) is 0 Å². The molecule has 0 bridgehead atoms. The molecule has 1 N–H and O–H groups in total. The van der Waals surface area contributed by atoms with Gasteiger partial charge in [-0.25, -0.2) is 9.97 Å². The van der Waals surface area contributed by atoms with Crippen LogP contribution in [0.25, 0.3) is 0 Å². The van der Waals surface area contributed by atoms with Crippen LogP contribution in [0.4, 0.5) is 5.82 Å². The number of piperidine rings is 1. The van der Waals surface area contributed by atoms with Crippen LogP contribution in [-0.2, 0) is 0 Å². The molecule has 16 heavy (non-hydrogen) atoms. The number of rotatable bonds is 2. The highest BCUT2D eigenvalue weighted by Gasteiger charge is 2.24. The molecule has 1 fully saturated rings. The van der Waals surface area contributed by atoms with E-state index in [2.05, 4.69) is 14.9 Å². The van der Waals surface area contributed by atoms with E-state index in [4.69, 9.17) is 11.6 Å². The summed E-state index contributed by atoms with van der Waals surface area (Å²) in [6, 6.07) is 1.77. The molecule has 2 rings (SSSR count). The molecule has 0 radical (unpaired) electrons. The number of aliphatic hydroxyl groups excluding tert-OH is 1. The van der Waals surface area contributed by atoms with Crippen LogP contribution in [0.5, 0.6) is 0 Å². The fourth-order valence-corrected chi connectivity index (χ4v) is 2.25. The van der Waals surface area contributed by atoms with Crippen molar-refractivity contribution in [2.75, 3.05) is 18.0 Å². The first-order chi connectivity index (χ1) is 7.66. The van der Waals surface area contributed by atoms with E-state index < -0.39 is 0 Å². The second-order valence-electron chi connectivity index (χ2n) is 4.29. The molecular weight excluding hydrogens is 226 g/mol. The van der Waals surface area contributed by atoms with Crippen molar-refractivity contribution in [1.82, 2.24) is 9.97 Å². The van der Waals surface area contributed by atoms with Crippen LogP contribution in [0.1, 0.15) is 19.8 Å². The van der Waals surface area contributed by atoms with Gasteiger partial charge >= 0.3 is 0 Å². The molecule has 4 nitrogen and oxygen atoms in total. The molecule has 0 spiro atoms. The molecule has 1 aliphatic rings. The Morgan fingerprint density at radius 1 is 1.56 bits per heavy atom. The van der Waals surface area contributed by atoms with Gasteiger partial charge in [-0.1, -0.05) is 11.6 Å². The molecule has 0 saturated carbocycles. The van der Waals surface area contributed by atoms with Crippen molar-refractivity contribution in [3.05, 3.63) is 17.5 Å². The number of aliphatic hydroxyl groups is 1. The number of nitrogens with zero attached hydrogens (tertiary/aromatic N) is 3.